The van der Waals surface area contributed by atoms with Gasteiger partial charge in [-0.25, -0.2) is 9.97 Å². The van der Waals surface area contributed by atoms with Crippen molar-refractivity contribution >= 4 is 52.2 Å². The molecular weight excluding hydrogens is 703 g/mol. The molecule has 7 rings (SSSR count). The molecule has 1 aromatic carbocycles. The molecule has 0 radical (unpaired) electrons. The van der Waals surface area contributed by atoms with Gasteiger partial charge in [-0.05, 0) is 68.8 Å². The fourth-order valence-corrected chi connectivity index (χ4v) is 8.73. The van der Waals surface area contributed by atoms with Gasteiger partial charge in [-0.2, -0.15) is 0 Å². The minimum Gasteiger partial charge on any atom is -0.481 e. The molecule has 0 saturated heterocycles. The average Bonchev–Trinajstić information content (AvgIpc) is 3.61. The Balaban J connectivity index is 0.999. The molecule has 1 atom stereocenters. The van der Waals surface area contributed by atoms with Crippen molar-refractivity contribution in [3.63, 3.8) is 0 Å². The zero-order chi connectivity index (χ0) is 36.9. The van der Waals surface area contributed by atoms with Crippen LogP contribution in [0.1, 0.15) is 82.2 Å². The number of carboxylic acids is 1. The number of rotatable bonds is 8. The number of nitrogens with zero attached hydrogens (tertiary/aromatic N) is 6. The van der Waals surface area contributed by atoms with Gasteiger partial charge in [0.05, 0.1) is 22.8 Å². The van der Waals surface area contributed by atoms with Crippen LogP contribution in [0.15, 0.2) is 42.5 Å². The minimum absolute atomic E-state index is 0.294. The quantitative estimate of drug-likeness (QED) is 0.275. The van der Waals surface area contributed by atoms with Crippen LogP contribution in [0.3, 0.4) is 0 Å². The zero-order valence-electron chi connectivity index (χ0n) is 30.1. The molecule has 3 aromatic rings. The number of hydrogen-bond donors (Lipinski definition) is 3. The van der Waals surface area contributed by atoms with Crippen LogP contribution in [0.5, 0.6) is 0 Å². The number of carboxylic acid groups (broad SMARTS) is 1. The lowest BCUT2D eigenvalue weighted by Crippen LogP contribution is -2.47. The molecule has 2 aliphatic heterocycles. The molecule has 4 aliphatic rings. The fourth-order valence-electron chi connectivity index (χ4n) is 8.13. The maximum absolute atomic E-state index is 13.7. The number of aromatic nitrogens is 4. The Morgan fingerprint density at radius 3 is 2.29 bits per heavy atom. The molecular formula is C38H46Cl2N8O4. The Hall–Kier alpha value is -3.97. The zero-order valence-corrected chi connectivity index (χ0v) is 31.6. The van der Waals surface area contributed by atoms with Gasteiger partial charge in [-0.1, -0.05) is 53.6 Å². The summed E-state index contributed by atoms with van der Waals surface area (Å²) in [6.07, 6.45) is 10.2. The number of fused-ring (bicyclic) bond motifs is 2. The van der Waals surface area contributed by atoms with Crippen molar-refractivity contribution < 1.29 is 19.5 Å². The third-order valence-electron chi connectivity index (χ3n) is 11.5. The summed E-state index contributed by atoms with van der Waals surface area (Å²) in [6.45, 7) is 5.87. The number of carbonyl (C=O) groups excluding carboxylic acids is 2. The number of anilines is 1. The number of imidazole rings is 2. The third kappa shape index (κ3) is 6.93. The Bertz CT molecular complexity index is 1970. The summed E-state index contributed by atoms with van der Waals surface area (Å²) in [6, 6.07) is 6.55. The molecule has 276 valence electrons. The first-order chi connectivity index (χ1) is 24.7. The highest BCUT2D eigenvalue weighted by Gasteiger charge is 2.42. The predicted molar refractivity (Wildman–Crippen MR) is 200 cm³/mol. The first-order valence-electron chi connectivity index (χ1n) is 18.0. The van der Waals surface area contributed by atoms with E-state index in [4.69, 9.17) is 28.2 Å². The summed E-state index contributed by atoms with van der Waals surface area (Å²) in [5, 5.41) is 15.6. The summed E-state index contributed by atoms with van der Waals surface area (Å²) in [4.78, 5) is 52.7. The Morgan fingerprint density at radius 2 is 1.60 bits per heavy atom. The SMILES string of the molecule is CN1CCc2c(nc(C(=O)Nc3cccc(C4=CC=CC(NC(=O)c5nc6c(n5C)CCN(CC5CCC(C)(C(=O)O)CC5)C6)C4(Cl)Cl)c3)n2C)C1. The number of aliphatic carboxylic acids is 1. The highest BCUT2D eigenvalue weighted by molar-refractivity contribution is 6.55. The summed E-state index contributed by atoms with van der Waals surface area (Å²) in [7, 11) is 5.78. The predicted octanol–water partition coefficient (Wildman–Crippen LogP) is 4.96. The topological polar surface area (TPSA) is 138 Å². The first-order valence-corrected chi connectivity index (χ1v) is 18.7. The molecule has 1 fully saturated rings. The van der Waals surface area contributed by atoms with Crippen molar-refractivity contribution in [3.05, 3.63) is 82.5 Å². The van der Waals surface area contributed by atoms with Crippen LogP contribution in [0.4, 0.5) is 5.69 Å². The smallest absolute Gasteiger partial charge is 0.309 e. The van der Waals surface area contributed by atoms with Crippen LogP contribution in [0.2, 0.25) is 0 Å². The molecule has 3 N–H and O–H groups in total. The van der Waals surface area contributed by atoms with Crippen molar-refractivity contribution in [1.82, 2.24) is 34.2 Å². The number of likely N-dealkylation sites (N-methyl/N-ethyl adjacent to an activating group) is 1. The molecule has 12 nitrogen and oxygen atoms in total. The highest BCUT2D eigenvalue weighted by Crippen LogP contribution is 2.43. The van der Waals surface area contributed by atoms with Gasteiger partial charge in [-0.3, -0.25) is 19.3 Å². The van der Waals surface area contributed by atoms with Gasteiger partial charge in [-0.15, -0.1) is 0 Å². The molecule has 4 heterocycles. The van der Waals surface area contributed by atoms with Gasteiger partial charge >= 0.3 is 5.97 Å². The molecule has 0 spiro atoms. The van der Waals surface area contributed by atoms with Crippen molar-refractivity contribution in [3.8, 4) is 0 Å². The lowest BCUT2D eigenvalue weighted by atomic mass is 9.71. The number of benzene rings is 1. The molecule has 2 aliphatic carbocycles. The molecule has 2 amide bonds. The average molecular weight is 750 g/mol. The summed E-state index contributed by atoms with van der Waals surface area (Å²) in [5.74, 6) is -0.285. The van der Waals surface area contributed by atoms with Crippen molar-refractivity contribution in [2.24, 2.45) is 25.4 Å². The van der Waals surface area contributed by atoms with E-state index >= 15 is 0 Å². The number of carbonyl (C=O) groups is 3. The largest absolute Gasteiger partial charge is 0.481 e. The lowest BCUT2D eigenvalue weighted by molar-refractivity contribution is -0.150. The fraction of sp³-hybridized carbons (Fsp3) is 0.500. The maximum atomic E-state index is 13.7. The third-order valence-corrected chi connectivity index (χ3v) is 12.3. The second-order valence-corrected chi connectivity index (χ2v) is 16.5. The lowest BCUT2D eigenvalue weighted by Gasteiger charge is -2.37. The van der Waals surface area contributed by atoms with E-state index in [1.54, 1.807) is 12.1 Å². The maximum Gasteiger partial charge on any atom is 0.309 e. The molecule has 0 bridgehead atoms. The molecule has 52 heavy (non-hydrogen) atoms. The minimum atomic E-state index is -1.52. The van der Waals surface area contributed by atoms with Crippen LogP contribution in [-0.2, 0) is 44.8 Å². The Labute approximate surface area is 313 Å². The number of alkyl halides is 2. The van der Waals surface area contributed by atoms with Crippen LogP contribution < -0.4 is 10.6 Å². The van der Waals surface area contributed by atoms with Crippen molar-refractivity contribution in [2.75, 3.05) is 32.0 Å². The second kappa shape index (κ2) is 14.1. The molecule has 2 aromatic heterocycles. The molecule has 14 heteroatoms. The van der Waals surface area contributed by atoms with Crippen LogP contribution in [-0.4, -0.2) is 88.8 Å². The number of nitrogens with one attached hydrogen (secondary N) is 2. The van der Waals surface area contributed by atoms with Crippen LogP contribution in [0.25, 0.3) is 5.57 Å². The van der Waals surface area contributed by atoms with E-state index in [9.17, 15) is 19.5 Å². The number of hydrogen-bond acceptors (Lipinski definition) is 7. The van der Waals surface area contributed by atoms with Gasteiger partial charge in [0.15, 0.2) is 16.0 Å². The summed E-state index contributed by atoms with van der Waals surface area (Å²) >= 11 is 14.1. The molecule has 1 saturated carbocycles. The Kier molecular flexibility index (Phi) is 9.88. The summed E-state index contributed by atoms with van der Waals surface area (Å²) < 4.78 is 2.21. The van der Waals surface area contributed by atoms with E-state index in [0.717, 1.165) is 68.1 Å². The number of allylic oxidation sites excluding steroid dienone is 2. The van der Waals surface area contributed by atoms with Crippen LogP contribution in [0, 0.1) is 11.3 Å². The van der Waals surface area contributed by atoms with E-state index in [1.807, 2.05) is 67.6 Å². The molecule has 1 unspecified atom stereocenters. The van der Waals surface area contributed by atoms with Crippen molar-refractivity contribution in [1.29, 1.82) is 0 Å². The van der Waals surface area contributed by atoms with Gasteiger partial charge in [0.1, 0.15) is 0 Å². The normalized spacial score (nSPS) is 24.5. The van der Waals surface area contributed by atoms with E-state index in [2.05, 4.69) is 25.4 Å². The Morgan fingerprint density at radius 1 is 0.942 bits per heavy atom. The van der Waals surface area contributed by atoms with Gasteiger partial charge < -0.3 is 29.8 Å². The van der Waals surface area contributed by atoms with E-state index in [-0.39, 0.29) is 11.8 Å². The second-order valence-electron chi connectivity index (χ2n) is 15.1. The highest BCUT2D eigenvalue weighted by atomic mass is 35.5. The number of amides is 2. The number of halogens is 2. The summed E-state index contributed by atoms with van der Waals surface area (Å²) in [5.41, 5.74) is 5.13. The van der Waals surface area contributed by atoms with Crippen LogP contribution >= 0.6 is 23.2 Å². The standard InChI is InChI=1S/C38H46Cl2N8O4/c1-37(36(51)52)15-11-23(12-16-37)20-48-18-14-30-28(22-48)43-33(47(30)4)35(50)44-31-10-6-9-26(38(31,39)40)24-7-5-8-25(19-24)41-34(49)32-42-27-21-45(2)17-13-29(27)46(32)3/h5-10,19,23,31H,11-18,20-22H2,1-4H3,(H,41,49)(H,44,50)(H,51,52). The first kappa shape index (κ1) is 36.4. The van der Waals surface area contributed by atoms with Gasteiger partial charge in [0.2, 0.25) is 0 Å². The van der Waals surface area contributed by atoms with E-state index in [0.29, 0.717) is 60.3 Å². The van der Waals surface area contributed by atoms with Gasteiger partial charge in [0.25, 0.3) is 11.8 Å². The van der Waals surface area contributed by atoms with E-state index < -0.39 is 21.8 Å². The van der Waals surface area contributed by atoms with Crippen molar-refractivity contribution in [2.45, 2.75) is 68.9 Å². The van der Waals surface area contributed by atoms with E-state index in [1.165, 1.54) is 0 Å². The monoisotopic (exact) mass is 748 g/mol. The van der Waals surface area contributed by atoms with Gasteiger partial charge in [0, 0.05) is 76.7 Å².